The fourth-order valence-electron chi connectivity index (χ4n) is 3.64. The Morgan fingerprint density at radius 3 is 2.19 bits per heavy atom. The lowest BCUT2D eigenvalue weighted by Crippen LogP contribution is -2.38. The molecule has 7 heteroatoms. The maximum absolute atomic E-state index is 13.7. The summed E-state index contributed by atoms with van der Waals surface area (Å²) in [5.74, 6) is -0.441. The highest BCUT2D eigenvalue weighted by molar-refractivity contribution is 7.89. The zero-order chi connectivity index (χ0) is 22.6. The second-order valence-electron chi connectivity index (χ2n) is 7.55. The highest BCUT2D eigenvalue weighted by Crippen LogP contribution is 2.26. The van der Waals surface area contributed by atoms with Gasteiger partial charge in [-0.15, -0.1) is 0 Å². The van der Waals surface area contributed by atoms with Gasteiger partial charge in [-0.25, -0.2) is 8.42 Å². The lowest BCUT2D eigenvalue weighted by Gasteiger charge is -2.24. The minimum absolute atomic E-state index is 0.0822. The van der Waals surface area contributed by atoms with E-state index in [0.717, 1.165) is 11.1 Å². The average molecular weight is 457 g/mol. The van der Waals surface area contributed by atoms with Crippen LogP contribution in [0.3, 0.4) is 0 Å². The van der Waals surface area contributed by atoms with Gasteiger partial charge in [-0.2, -0.15) is 4.31 Å². The molecule has 0 aliphatic carbocycles. The van der Waals surface area contributed by atoms with Crippen molar-refractivity contribution in [3.05, 3.63) is 94.0 Å². The first-order chi connectivity index (χ1) is 14.7. The number of carbonyl (C=O) groups is 1. The Bertz CT molecular complexity index is 1170. The smallest absolute Gasteiger partial charge is 0.244 e. The molecule has 3 aromatic rings. The van der Waals surface area contributed by atoms with Crippen molar-refractivity contribution in [2.75, 3.05) is 11.9 Å². The van der Waals surface area contributed by atoms with Gasteiger partial charge in [0.2, 0.25) is 15.9 Å². The molecule has 0 saturated carbocycles. The van der Waals surface area contributed by atoms with E-state index in [9.17, 15) is 13.2 Å². The first-order valence-electron chi connectivity index (χ1n) is 9.84. The summed E-state index contributed by atoms with van der Waals surface area (Å²) in [6, 6.07) is 19.6. The molecule has 0 spiro atoms. The summed E-state index contributed by atoms with van der Waals surface area (Å²) in [5, 5.41) is 3.22. The normalized spacial score (nSPS) is 11.5. The molecule has 0 aromatic heterocycles. The summed E-state index contributed by atoms with van der Waals surface area (Å²) in [6.07, 6.45) is 0. The van der Waals surface area contributed by atoms with Crippen molar-refractivity contribution in [2.45, 2.75) is 32.2 Å². The molecule has 0 atom stereocenters. The van der Waals surface area contributed by atoms with Crippen LogP contribution in [-0.4, -0.2) is 25.2 Å². The summed E-state index contributed by atoms with van der Waals surface area (Å²) in [4.78, 5) is 13.0. The van der Waals surface area contributed by atoms with Crippen LogP contribution in [0.2, 0.25) is 5.02 Å². The summed E-state index contributed by atoms with van der Waals surface area (Å²) in [5.41, 5.74) is 3.61. The Hall–Kier alpha value is -2.67. The van der Waals surface area contributed by atoms with E-state index in [-0.39, 0.29) is 18.0 Å². The number of hydrogen-bond acceptors (Lipinski definition) is 3. The van der Waals surface area contributed by atoms with Crippen molar-refractivity contribution in [1.82, 2.24) is 4.31 Å². The van der Waals surface area contributed by atoms with Crippen LogP contribution in [0.25, 0.3) is 0 Å². The van der Waals surface area contributed by atoms with E-state index in [1.165, 1.54) is 4.31 Å². The van der Waals surface area contributed by atoms with E-state index >= 15 is 0 Å². The zero-order valence-electron chi connectivity index (χ0n) is 17.7. The molecular formula is C24H25ClN2O3S. The van der Waals surface area contributed by atoms with Crippen molar-refractivity contribution in [1.29, 1.82) is 0 Å². The molecule has 1 N–H and O–H groups in total. The molecule has 0 aliphatic heterocycles. The predicted molar refractivity (Wildman–Crippen MR) is 125 cm³/mol. The summed E-state index contributed by atoms with van der Waals surface area (Å²) < 4.78 is 28.5. The highest BCUT2D eigenvalue weighted by atomic mass is 35.5. The van der Waals surface area contributed by atoms with Crippen molar-refractivity contribution in [3.8, 4) is 0 Å². The molecule has 3 rings (SSSR count). The fraction of sp³-hybridized carbons (Fsp3) is 0.208. The molecule has 162 valence electrons. The number of halogens is 1. The topological polar surface area (TPSA) is 66.5 Å². The largest absolute Gasteiger partial charge is 0.325 e. The third-order valence-corrected chi connectivity index (χ3v) is 7.17. The highest BCUT2D eigenvalue weighted by Gasteiger charge is 2.30. The molecule has 0 radical (unpaired) electrons. The molecule has 31 heavy (non-hydrogen) atoms. The van der Waals surface area contributed by atoms with Crippen LogP contribution in [0.15, 0.2) is 71.6 Å². The van der Waals surface area contributed by atoms with E-state index < -0.39 is 15.9 Å². The number of aryl methyl sites for hydroxylation is 3. The SMILES string of the molecule is Cc1cc(C)c(S(=O)(=O)N(CC(=O)Nc2cccc(Cl)c2)Cc2ccccc2)c(C)c1. The Kier molecular flexibility index (Phi) is 7.15. The standard InChI is InChI=1S/C24H25ClN2O3S/c1-17-12-18(2)24(19(3)13-17)31(29,30)27(15-20-8-5-4-6-9-20)16-23(28)26-22-11-7-10-21(25)14-22/h4-14H,15-16H2,1-3H3,(H,26,28). The number of sulfonamides is 1. The molecule has 1 amide bonds. The summed E-state index contributed by atoms with van der Waals surface area (Å²) in [6.45, 7) is 5.24. The first-order valence-corrected chi connectivity index (χ1v) is 11.7. The first kappa shape index (κ1) is 23.0. The van der Waals surface area contributed by atoms with Crippen LogP contribution in [0.5, 0.6) is 0 Å². The number of nitrogens with zero attached hydrogens (tertiary/aromatic N) is 1. The van der Waals surface area contributed by atoms with Crippen LogP contribution in [-0.2, 0) is 21.4 Å². The van der Waals surface area contributed by atoms with E-state index in [1.807, 2.05) is 49.4 Å². The van der Waals surface area contributed by atoms with E-state index in [0.29, 0.717) is 21.8 Å². The molecule has 5 nitrogen and oxygen atoms in total. The van der Waals surface area contributed by atoms with Gasteiger partial charge in [-0.05, 0) is 55.7 Å². The monoisotopic (exact) mass is 456 g/mol. The average Bonchev–Trinajstić information content (AvgIpc) is 2.67. The molecule has 0 fully saturated rings. The maximum Gasteiger partial charge on any atom is 0.244 e. The van der Waals surface area contributed by atoms with Gasteiger partial charge in [-0.1, -0.05) is 65.7 Å². The van der Waals surface area contributed by atoms with Crippen molar-refractivity contribution in [2.24, 2.45) is 0 Å². The number of rotatable bonds is 7. The van der Waals surface area contributed by atoms with Gasteiger partial charge in [0, 0.05) is 17.3 Å². The lowest BCUT2D eigenvalue weighted by molar-refractivity contribution is -0.116. The third kappa shape index (κ3) is 5.73. The van der Waals surface area contributed by atoms with Crippen LogP contribution in [0, 0.1) is 20.8 Å². The van der Waals surface area contributed by atoms with Gasteiger partial charge in [0.25, 0.3) is 0 Å². The molecular weight excluding hydrogens is 432 g/mol. The predicted octanol–water partition coefficient (Wildman–Crippen LogP) is 5.09. The number of amides is 1. The number of carbonyl (C=O) groups excluding carboxylic acids is 1. The van der Waals surface area contributed by atoms with Crippen LogP contribution >= 0.6 is 11.6 Å². The Balaban J connectivity index is 1.95. The Morgan fingerprint density at radius 2 is 1.58 bits per heavy atom. The van der Waals surface area contributed by atoms with Gasteiger partial charge >= 0.3 is 0 Å². The quantitative estimate of drug-likeness (QED) is 0.538. The van der Waals surface area contributed by atoms with E-state index in [4.69, 9.17) is 11.6 Å². The van der Waals surface area contributed by atoms with Crippen LogP contribution in [0.4, 0.5) is 5.69 Å². The zero-order valence-corrected chi connectivity index (χ0v) is 19.3. The minimum Gasteiger partial charge on any atom is -0.325 e. The minimum atomic E-state index is -3.93. The Morgan fingerprint density at radius 1 is 0.935 bits per heavy atom. The maximum atomic E-state index is 13.7. The number of hydrogen-bond donors (Lipinski definition) is 1. The van der Waals surface area contributed by atoms with Crippen molar-refractivity contribution in [3.63, 3.8) is 0 Å². The van der Waals surface area contributed by atoms with Crippen molar-refractivity contribution < 1.29 is 13.2 Å². The molecule has 3 aromatic carbocycles. The number of benzene rings is 3. The Labute approximate surface area is 188 Å². The number of anilines is 1. The molecule has 0 heterocycles. The van der Waals surface area contributed by atoms with E-state index in [1.54, 1.807) is 38.1 Å². The summed E-state index contributed by atoms with van der Waals surface area (Å²) in [7, 11) is -3.93. The van der Waals surface area contributed by atoms with Gasteiger partial charge in [0.1, 0.15) is 0 Å². The molecule has 0 bridgehead atoms. The van der Waals surface area contributed by atoms with Gasteiger partial charge < -0.3 is 5.32 Å². The van der Waals surface area contributed by atoms with Gasteiger partial charge in [0.15, 0.2) is 0 Å². The van der Waals surface area contributed by atoms with Crippen molar-refractivity contribution >= 4 is 33.2 Å². The third-order valence-electron chi connectivity index (χ3n) is 4.83. The lowest BCUT2D eigenvalue weighted by atomic mass is 10.1. The van der Waals surface area contributed by atoms with E-state index in [2.05, 4.69) is 5.32 Å². The second kappa shape index (κ2) is 9.64. The molecule has 0 aliphatic rings. The summed E-state index contributed by atoms with van der Waals surface area (Å²) >= 11 is 5.98. The fourth-order valence-corrected chi connectivity index (χ4v) is 5.63. The molecule has 0 saturated heterocycles. The van der Waals surface area contributed by atoms with Crippen LogP contribution in [0.1, 0.15) is 22.3 Å². The van der Waals surface area contributed by atoms with Gasteiger partial charge in [-0.3, -0.25) is 4.79 Å². The molecule has 0 unspecified atom stereocenters. The number of nitrogens with one attached hydrogen (secondary N) is 1. The van der Waals surface area contributed by atoms with Crippen LogP contribution < -0.4 is 5.32 Å². The van der Waals surface area contributed by atoms with Gasteiger partial charge in [0.05, 0.1) is 11.4 Å². The second-order valence-corrected chi connectivity index (χ2v) is 9.86.